The Bertz CT molecular complexity index is 2250. The molecule has 0 radical (unpaired) electrons. The van der Waals surface area contributed by atoms with Crippen molar-refractivity contribution in [3.05, 3.63) is 88.5 Å². The van der Waals surface area contributed by atoms with Gasteiger partial charge in [0, 0.05) is 23.5 Å². The van der Waals surface area contributed by atoms with Crippen molar-refractivity contribution in [2.75, 3.05) is 10.2 Å². The van der Waals surface area contributed by atoms with Crippen LogP contribution < -0.4 is 10.2 Å². The van der Waals surface area contributed by atoms with Crippen molar-refractivity contribution in [1.29, 1.82) is 0 Å². The minimum Gasteiger partial charge on any atom is -0.478 e. The van der Waals surface area contributed by atoms with E-state index in [0.717, 1.165) is 41.8 Å². The summed E-state index contributed by atoms with van der Waals surface area (Å²) in [5, 5.41) is 24.0. The van der Waals surface area contributed by atoms with Crippen molar-refractivity contribution >= 4 is 68.4 Å². The van der Waals surface area contributed by atoms with E-state index in [1.807, 2.05) is 48.2 Å². The van der Waals surface area contributed by atoms with Gasteiger partial charge in [-0.3, -0.25) is 4.79 Å². The van der Waals surface area contributed by atoms with Crippen LogP contribution in [0.15, 0.2) is 60.7 Å². The average Bonchev–Trinajstić information content (AvgIpc) is 3.16. The normalized spacial score (nSPS) is 14.6. The van der Waals surface area contributed by atoms with Crippen molar-refractivity contribution in [2.45, 2.75) is 110 Å². The zero-order valence-electron chi connectivity index (χ0n) is 31.3. The zero-order chi connectivity index (χ0) is 37.9. The molecule has 7 rings (SSSR count). The van der Waals surface area contributed by atoms with Gasteiger partial charge in [0.25, 0.3) is 0 Å². The molecule has 0 fully saturated rings. The van der Waals surface area contributed by atoms with Crippen LogP contribution in [0.3, 0.4) is 0 Å². The lowest BCUT2D eigenvalue weighted by molar-refractivity contribution is -0.148. The lowest BCUT2D eigenvalue weighted by Crippen LogP contribution is -2.27. The van der Waals surface area contributed by atoms with Crippen molar-refractivity contribution in [3.8, 4) is 0 Å². The fourth-order valence-electron chi connectivity index (χ4n) is 8.19. The Labute approximate surface area is 315 Å². The van der Waals surface area contributed by atoms with E-state index in [4.69, 9.17) is 14.7 Å². The van der Waals surface area contributed by atoms with E-state index in [2.05, 4.69) is 19.2 Å². The van der Waals surface area contributed by atoms with Crippen molar-refractivity contribution < 1.29 is 29.3 Å². The third kappa shape index (κ3) is 6.97. The van der Waals surface area contributed by atoms with Gasteiger partial charge in [-0.2, -0.15) is 0 Å². The molecular formula is C44H48N4O6. The van der Waals surface area contributed by atoms with Crippen LogP contribution in [0, 0.1) is 0 Å². The number of rotatable bonds is 16. The molecule has 54 heavy (non-hydrogen) atoms. The van der Waals surface area contributed by atoms with E-state index in [1.165, 1.54) is 51.4 Å². The maximum Gasteiger partial charge on any atom is 0.338 e. The largest absolute Gasteiger partial charge is 0.478 e. The second-order valence-electron chi connectivity index (χ2n) is 14.6. The number of nitrogens with zero attached hydrogens (tertiary/aromatic N) is 3. The molecule has 10 nitrogen and oxygen atoms in total. The maximum absolute atomic E-state index is 13.0. The van der Waals surface area contributed by atoms with E-state index < -0.39 is 18.0 Å². The van der Waals surface area contributed by atoms with Gasteiger partial charge < -0.3 is 25.2 Å². The van der Waals surface area contributed by atoms with E-state index >= 15 is 0 Å². The molecule has 5 aromatic rings. The van der Waals surface area contributed by atoms with Crippen LogP contribution in [-0.4, -0.2) is 38.1 Å². The molecule has 1 aromatic heterocycles. The molecule has 10 heteroatoms. The summed E-state index contributed by atoms with van der Waals surface area (Å²) in [6, 6.07) is 18.0. The monoisotopic (exact) mass is 728 g/mol. The van der Waals surface area contributed by atoms with Crippen LogP contribution in [0.4, 0.5) is 28.4 Å². The van der Waals surface area contributed by atoms with Gasteiger partial charge in [-0.1, -0.05) is 108 Å². The first-order valence-electron chi connectivity index (χ1n) is 19.5. The Morgan fingerprint density at radius 1 is 0.778 bits per heavy atom. The third-order valence-corrected chi connectivity index (χ3v) is 11.0. The standard InChI is InChI=1S/C44H48N4O6/c1-4-5-6-7-8-9-10-11-12-13-14-24-36(49)54-27(3)29-19-16-21-32-38(29)47-41-37-26(2)28-18-15-22-33-42(28)48(35(37)25-31(44(52)53)40(41)45-32)34-23-17-20-30(43(50)51)39(34)46-33/h15-23,25-27,46H,4-14,24H2,1-3H3,(H,50,51)(H,52,53). The average molecular weight is 729 g/mol. The third-order valence-electron chi connectivity index (χ3n) is 11.0. The summed E-state index contributed by atoms with van der Waals surface area (Å²) in [4.78, 5) is 50.2. The zero-order valence-corrected chi connectivity index (χ0v) is 31.3. The lowest BCUT2D eigenvalue weighted by atomic mass is 9.82. The molecule has 2 aliphatic heterocycles. The first-order valence-corrected chi connectivity index (χ1v) is 19.5. The molecule has 0 bridgehead atoms. The SMILES string of the molecule is CCCCCCCCCCCCCC(=O)OC(C)c1cccc2nc3c(C(=O)O)cc4c(c3nc12)C(C)c1cccc2c1N4c1cccc(C(=O)O)c1N2. The smallest absolute Gasteiger partial charge is 0.338 e. The molecular weight excluding hydrogens is 681 g/mol. The summed E-state index contributed by atoms with van der Waals surface area (Å²) in [6.07, 6.45) is 13.0. The number of carboxylic acid groups (broad SMARTS) is 2. The molecule has 0 saturated heterocycles. The number of aromatic nitrogens is 2. The number of esters is 1. The summed E-state index contributed by atoms with van der Waals surface area (Å²) in [5.74, 6) is -2.71. The lowest BCUT2D eigenvalue weighted by Gasteiger charge is -2.42. The molecule has 0 aliphatic carbocycles. The minimum absolute atomic E-state index is 0.0161. The fraction of sp³-hybridized carbons (Fsp3) is 0.386. The highest BCUT2D eigenvalue weighted by Gasteiger charge is 2.39. The highest BCUT2D eigenvalue weighted by Crippen LogP contribution is 2.58. The number of aromatic carboxylic acids is 2. The number of carboxylic acids is 2. The Morgan fingerprint density at radius 3 is 2.15 bits per heavy atom. The van der Waals surface area contributed by atoms with Gasteiger partial charge in [-0.25, -0.2) is 19.6 Å². The van der Waals surface area contributed by atoms with E-state index in [-0.39, 0.29) is 28.5 Å². The number of carbonyl (C=O) groups is 3. The van der Waals surface area contributed by atoms with Crippen LogP contribution in [0.25, 0.3) is 22.1 Å². The maximum atomic E-state index is 13.0. The summed E-state index contributed by atoms with van der Waals surface area (Å²) < 4.78 is 5.95. The molecule has 3 N–H and O–H groups in total. The van der Waals surface area contributed by atoms with E-state index in [0.29, 0.717) is 45.6 Å². The summed E-state index contributed by atoms with van der Waals surface area (Å²) in [7, 11) is 0. The topological polar surface area (TPSA) is 142 Å². The first-order chi connectivity index (χ1) is 26.2. The van der Waals surface area contributed by atoms with Crippen LogP contribution in [0.2, 0.25) is 0 Å². The Hall–Kier alpha value is -5.51. The Kier molecular flexibility index (Phi) is 10.8. The molecule has 2 atom stereocenters. The molecule has 3 heterocycles. The van der Waals surface area contributed by atoms with Crippen molar-refractivity contribution in [1.82, 2.24) is 9.97 Å². The van der Waals surface area contributed by atoms with Crippen LogP contribution in [-0.2, 0) is 9.53 Å². The second-order valence-corrected chi connectivity index (χ2v) is 14.6. The Morgan fingerprint density at radius 2 is 1.44 bits per heavy atom. The van der Waals surface area contributed by atoms with Crippen LogP contribution >= 0.6 is 0 Å². The quantitative estimate of drug-likeness (QED) is 0.0500. The van der Waals surface area contributed by atoms with Gasteiger partial charge in [0.15, 0.2) is 0 Å². The summed E-state index contributed by atoms with van der Waals surface area (Å²) in [5.41, 5.74) is 7.40. The summed E-state index contributed by atoms with van der Waals surface area (Å²) in [6.45, 7) is 6.14. The van der Waals surface area contributed by atoms with Gasteiger partial charge in [-0.05, 0) is 49.2 Å². The molecule has 0 amide bonds. The van der Waals surface area contributed by atoms with Gasteiger partial charge in [0.2, 0.25) is 0 Å². The Balaban J connectivity index is 1.19. The van der Waals surface area contributed by atoms with Gasteiger partial charge in [0.05, 0.1) is 56.1 Å². The molecule has 2 aliphatic rings. The number of hydrogen-bond acceptors (Lipinski definition) is 8. The highest BCUT2D eigenvalue weighted by atomic mass is 16.5. The molecule has 280 valence electrons. The van der Waals surface area contributed by atoms with Gasteiger partial charge >= 0.3 is 17.9 Å². The minimum atomic E-state index is -1.15. The van der Waals surface area contributed by atoms with Gasteiger partial charge in [0.1, 0.15) is 11.6 Å². The first kappa shape index (κ1) is 36.8. The molecule has 0 spiro atoms. The predicted octanol–water partition coefficient (Wildman–Crippen LogP) is 11.5. The number of benzene rings is 4. The van der Waals surface area contributed by atoms with Crippen molar-refractivity contribution in [2.24, 2.45) is 0 Å². The number of hydrogen-bond donors (Lipinski definition) is 3. The number of para-hydroxylation sites is 3. The van der Waals surface area contributed by atoms with E-state index in [9.17, 15) is 24.6 Å². The van der Waals surface area contributed by atoms with Crippen LogP contribution in [0.5, 0.6) is 0 Å². The number of anilines is 5. The van der Waals surface area contributed by atoms with E-state index in [1.54, 1.807) is 24.3 Å². The highest BCUT2D eigenvalue weighted by molar-refractivity contribution is 6.12. The molecule has 2 unspecified atom stereocenters. The van der Waals surface area contributed by atoms with Gasteiger partial charge in [-0.15, -0.1) is 0 Å². The number of carbonyl (C=O) groups excluding carboxylic acids is 1. The number of ether oxygens (including phenoxy) is 1. The number of nitrogens with one attached hydrogen (secondary N) is 1. The summed E-state index contributed by atoms with van der Waals surface area (Å²) >= 11 is 0. The van der Waals surface area contributed by atoms with Crippen LogP contribution in [0.1, 0.15) is 147 Å². The number of unbranched alkanes of at least 4 members (excludes halogenated alkanes) is 10. The number of fused-ring (bicyclic) bond motifs is 7. The predicted molar refractivity (Wildman–Crippen MR) is 212 cm³/mol. The second kappa shape index (κ2) is 15.8. The molecule has 0 saturated carbocycles. The van der Waals surface area contributed by atoms with Crippen molar-refractivity contribution in [3.63, 3.8) is 0 Å². The fourth-order valence-corrected chi connectivity index (χ4v) is 8.19. The molecule has 4 aromatic carbocycles.